The first-order chi connectivity index (χ1) is 8.16. The summed E-state index contributed by atoms with van der Waals surface area (Å²) in [4.78, 5) is 5.67. The number of nitrogens with zero attached hydrogens (tertiary/aromatic N) is 1. The number of hydrogen-bond acceptors (Lipinski definition) is 3. The highest BCUT2D eigenvalue weighted by atomic mass is 32.1. The van der Waals surface area contributed by atoms with E-state index in [1.807, 2.05) is 6.20 Å². The highest BCUT2D eigenvalue weighted by Crippen LogP contribution is 2.19. The third-order valence-electron chi connectivity index (χ3n) is 2.87. The summed E-state index contributed by atoms with van der Waals surface area (Å²) >= 11 is 1.76. The van der Waals surface area contributed by atoms with Gasteiger partial charge in [-0.2, -0.15) is 0 Å². The van der Waals surface area contributed by atoms with E-state index in [1.54, 1.807) is 11.3 Å². The minimum Gasteiger partial charge on any atom is -0.304 e. The van der Waals surface area contributed by atoms with Gasteiger partial charge in [0.1, 0.15) is 5.01 Å². The highest BCUT2D eigenvalue weighted by Gasteiger charge is 2.08. The first-order valence-corrected chi connectivity index (χ1v) is 6.68. The predicted molar refractivity (Wildman–Crippen MR) is 73.3 cm³/mol. The third kappa shape index (κ3) is 3.14. The molecule has 3 heteroatoms. The molecule has 1 atom stereocenters. The van der Waals surface area contributed by atoms with E-state index >= 15 is 0 Å². The first-order valence-electron chi connectivity index (χ1n) is 5.87. The summed E-state index contributed by atoms with van der Waals surface area (Å²) in [6.07, 6.45) is 1.94. The zero-order valence-electron chi connectivity index (χ0n) is 10.5. The monoisotopic (exact) mass is 246 g/mol. The second-order valence-electron chi connectivity index (χ2n) is 4.34. The molecule has 0 radical (unpaired) electrons. The second kappa shape index (κ2) is 5.43. The van der Waals surface area contributed by atoms with Crippen LogP contribution in [0.15, 0.2) is 30.5 Å². The number of benzene rings is 1. The summed E-state index contributed by atoms with van der Waals surface area (Å²) in [5, 5.41) is 4.68. The Morgan fingerprint density at radius 3 is 2.71 bits per heavy atom. The molecule has 0 saturated heterocycles. The van der Waals surface area contributed by atoms with Crippen molar-refractivity contribution in [2.75, 3.05) is 0 Å². The SMILES string of the molecule is Cc1cnc(C(C)NCc2ccccc2C)s1. The Kier molecular flexibility index (Phi) is 3.92. The fourth-order valence-corrected chi connectivity index (χ4v) is 2.53. The number of thiazole rings is 1. The van der Waals surface area contributed by atoms with Crippen molar-refractivity contribution in [1.29, 1.82) is 0 Å². The highest BCUT2D eigenvalue weighted by molar-refractivity contribution is 7.11. The van der Waals surface area contributed by atoms with E-state index in [0.29, 0.717) is 6.04 Å². The molecule has 0 saturated carbocycles. The zero-order chi connectivity index (χ0) is 12.3. The molecule has 17 heavy (non-hydrogen) atoms. The van der Waals surface area contributed by atoms with Crippen LogP contribution in [-0.2, 0) is 6.54 Å². The molecule has 0 aliphatic rings. The van der Waals surface area contributed by atoms with Crippen molar-refractivity contribution in [3.8, 4) is 0 Å². The Morgan fingerprint density at radius 2 is 2.06 bits per heavy atom. The molecule has 2 rings (SSSR count). The molecular weight excluding hydrogens is 228 g/mol. The Bertz CT molecular complexity index is 490. The maximum absolute atomic E-state index is 4.41. The second-order valence-corrected chi connectivity index (χ2v) is 5.60. The number of aromatic nitrogens is 1. The Labute approximate surface area is 107 Å². The third-order valence-corrected chi connectivity index (χ3v) is 3.97. The molecule has 0 aliphatic carbocycles. The van der Waals surface area contributed by atoms with Crippen molar-refractivity contribution < 1.29 is 0 Å². The van der Waals surface area contributed by atoms with Crippen molar-refractivity contribution >= 4 is 11.3 Å². The topological polar surface area (TPSA) is 24.9 Å². The Hall–Kier alpha value is -1.19. The van der Waals surface area contributed by atoms with Crippen molar-refractivity contribution in [2.24, 2.45) is 0 Å². The van der Waals surface area contributed by atoms with Gasteiger partial charge in [-0.05, 0) is 31.9 Å². The van der Waals surface area contributed by atoms with E-state index in [4.69, 9.17) is 0 Å². The number of rotatable bonds is 4. The van der Waals surface area contributed by atoms with Gasteiger partial charge in [0.15, 0.2) is 0 Å². The molecule has 1 unspecified atom stereocenters. The van der Waals surface area contributed by atoms with E-state index in [2.05, 4.69) is 55.3 Å². The lowest BCUT2D eigenvalue weighted by atomic mass is 10.1. The standard InChI is InChI=1S/C14H18N2S/c1-10-6-4-5-7-13(10)9-15-12(3)14-16-8-11(2)17-14/h4-8,12,15H,9H2,1-3H3. The summed E-state index contributed by atoms with van der Waals surface area (Å²) in [6, 6.07) is 8.79. The quantitative estimate of drug-likeness (QED) is 0.891. The van der Waals surface area contributed by atoms with Gasteiger partial charge in [0.25, 0.3) is 0 Å². The molecule has 90 valence electrons. The van der Waals surface area contributed by atoms with Gasteiger partial charge in [-0.1, -0.05) is 24.3 Å². The molecule has 0 fully saturated rings. The number of aryl methyl sites for hydroxylation is 2. The molecule has 0 bridgehead atoms. The van der Waals surface area contributed by atoms with Crippen LogP contribution in [0.25, 0.3) is 0 Å². The van der Waals surface area contributed by atoms with Crippen LogP contribution in [0.4, 0.5) is 0 Å². The molecule has 0 aliphatic heterocycles. The fraction of sp³-hybridized carbons (Fsp3) is 0.357. The lowest BCUT2D eigenvalue weighted by Gasteiger charge is -2.12. The molecule has 0 amide bonds. The minimum atomic E-state index is 0.313. The largest absolute Gasteiger partial charge is 0.304 e. The summed E-state index contributed by atoms with van der Waals surface area (Å²) in [5.74, 6) is 0. The van der Waals surface area contributed by atoms with E-state index in [9.17, 15) is 0 Å². The zero-order valence-corrected chi connectivity index (χ0v) is 11.3. The number of hydrogen-bond donors (Lipinski definition) is 1. The molecule has 1 aromatic carbocycles. The van der Waals surface area contributed by atoms with Crippen LogP contribution in [0.5, 0.6) is 0 Å². The lowest BCUT2D eigenvalue weighted by Crippen LogP contribution is -2.18. The van der Waals surface area contributed by atoms with Gasteiger partial charge in [-0.15, -0.1) is 11.3 Å². The molecule has 0 spiro atoms. The molecule has 2 nitrogen and oxygen atoms in total. The van der Waals surface area contributed by atoms with Crippen LogP contribution in [0.2, 0.25) is 0 Å². The fourth-order valence-electron chi connectivity index (χ4n) is 1.73. The molecular formula is C14H18N2S. The van der Waals surface area contributed by atoms with Crippen LogP contribution in [-0.4, -0.2) is 4.98 Å². The van der Waals surface area contributed by atoms with Crippen molar-refractivity contribution in [3.63, 3.8) is 0 Å². The van der Waals surface area contributed by atoms with E-state index < -0.39 is 0 Å². The minimum absolute atomic E-state index is 0.313. The first kappa shape index (κ1) is 12.3. The van der Waals surface area contributed by atoms with Crippen LogP contribution in [0, 0.1) is 13.8 Å². The van der Waals surface area contributed by atoms with Crippen molar-refractivity contribution in [3.05, 3.63) is 51.5 Å². The van der Waals surface area contributed by atoms with Gasteiger partial charge < -0.3 is 5.32 Å². The maximum Gasteiger partial charge on any atom is 0.109 e. The van der Waals surface area contributed by atoms with E-state index in [0.717, 1.165) is 11.6 Å². The molecule has 1 aromatic heterocycles. The lowest BCUT2D eigenvalue weighted by molar-refractivity contribution is 0.570. The van der Waals surface area contributed by atoms with Gasteiger partial charge in [0.2, 0.25) is 0 Å². The summed E-state index contributed by atoms with van der Waals surface area (Å²) in [6.45, 7) is 7.30. The number of nitrogens with one attached hydrogen (secondary N) is 1. The molecule has 1 heterocycles. The summed E-state index contributed by atoms with van der Waals surface area (Å²) in [5.41, 5.74) is 2.69. The van der Waals surface area contributed by atoms with Gasteiger partial charge in [-0.25, -0.2) is 4.98 Å². The van der Waals surface area contributed by atoms with Gasteiger partial charge >= 0.3 is 0 Å². The van der Waals surface area contributed by atoms with Crippen LogP contribution in [0.1, 0.15) is 34.0 Å². The Morgan fingerprint density at radius 1 is 1.29 bits per heavy atom. The van der Waals surface area contributed by atoms with Crippen LogP contribution < -0.4 is 5.32 Å². The Balaban J connectivity index is 1.97. The molecule has 1 N–H and O–H groups in total. The molecule has 2 aromatic rings. The summed E-state index contributed by atoms with van der Waals surface area (Å²) in [7, 11) is 0. The van der Waals surface area contributed by atoms with E-state index in [1.165, 1.54) is 16.0 Å². The van der Waals surface area contributed by atoms with Gasteiger partial charge in [-0.3, -0.25) is 0 Å². The average Bonchev–Trinajstić information content (AvgIpc) is 2.74. The normalized spacial score (nSPS) is 12.6. The predicted octanol–water partition coefficient (Wildman–Crippen LogP) is 3.61. The average molecular weight is 246 g/mol. The van der Waals surface area contributed by atoms with Gasteiger partial charge in [0.05, 0.1) is 6.04 Å². The smallest absolute Gasteiger partial charge is 0.109 e. The van der Waals surface area contributed by atoms with Crippen molar-refractivity contribution in [2.45, 2.75) is 33.4 Å². The van der Waals surface area contributed by atoms with Crippen molar-refractivity contribution in [1.82, 2.24) is 10.3 Å². The summed E-state index contributed by atoms with van der Waals surface area (Å²) < 4.78 is 0. The van der Waals surface area contributed by atoms with E-state index in [-0.39, 0.29) is 0 Å². The van der Waals surface area contributed by atoms with Crippen LogP contribution >= 0.6 is 11.3 Å². The van der Waals surface area contributed by atoms with Crippen LogP contribution in [0.3, 0.4) is 0 Å². The van der Waals surface area contributed by atoms with Gasteiger partial charge in [0, 0.05) is 17.6 Å². The maximum atomic E-state index is 4.41.